The fourth-order valence-corrected chi connectivity index (χ4v) is 1.83. The van der Waals surface area contributed by atoms with Crippen LogP contribution >= 0.6 is 0 Å². The van der Waals surface area contributed by atoms with Gasteiger partial charge in [-0.1, -0.05) is 12.1 Å². The number of ether oxygens (including phenoxy) is 1. The van der Waals surface area contributed by atoms with Crippen LogP contribution in [-0.2, 0) is 0 Å². The van der Waals surface area contributed by atoms with E-state index in [-0.39, 0.29) is 11.3 Å². The summed E-state index contributed by atoms with van der Waals surface area (Å²) in [4.78, 5) is 14.4. The molecule has 7 heteroatoms. The molecule has 0 saturated carbocycles. The van der Waals surface area contributed by atoms with Gasteiger partial charge in [0.05, 0.1) is 7.11 Å². The quantitative estimate of drug-likeness (QED) is 0.911. The van der Waals surface area contributed by atoms with Crippen molar-refractivity contribution in [1.82, 2.24) is 10.3 Å². The standard InChI is InChI=1S/C14H13F3N2O2/c1-21-10-6-4-9(5-7-10)12(14(15,16)17)19-13(20)11-3-2-8-18-11/h2-8,12,18H,1H3,(H,19,20)/t12-/m1/s1. The maximum absolute atomic E-state index is 13.1. The van der Waals surface area contributed by atoms with Gasteiger partial charge in [-0.25, -0.2) is 0 Å². The summed E-state index contributed by atoms with van der Waals surface area (Å²) in [5.74, 6) is -0.381. The topological polar surface area (TPSA) is 54.1 Å². The van der Waals surface area contributed by atoms with E-state index >= 15 is 0 Å². The predicted octanol–water partition coefficient (Wildman–Crippen LogP) is 3.06. The summed E-state index contributed by atoms with van der Waals surface area (Å²) in [5.41, 5.74) is 0.000896. The minimum Gasteiger partial charge on any atom is -0.497 e. The highest BCUT2D eigenvalue weighted by Crippen LogP contribution is 2.33. The van der Waals surface area contributed by atoms with Crippen LogP contribution in [0, 0.1) is 0 Å². The number of methoxy groups -OCH3 is 1. The molecule has 2 aromatic rings. The number of aromatic nitrogens is 1. The Bertz CT molecular complexity index is 592. The van der Waals surface area contributed by atoms with Crippen LogP contribution in [-0.4, -0.2) is 24.2 Å². The Morgan fingerprint density at radius 2 is 1.90 bits per heavy atom. The minimum atomic E-state index is -4.60. The van der Waals surface area contributed by atoms with E-state index in [4.69, 9.17) is 4.74 Å². The van der Waals surface area contributed by atoms with Crippen molar-refractivity contribution >= 4 is 5.91 Å². The molecule has 112 valence electrons. The van der Waals surface area contributed by atoms with Crippen LogP contribution in [0.2, 0.25) is 0 Å². The van der Waals surface area contributed by atoms with E-state index in [0.29, 0.717) is 5.75 Å². The molecule has 0 fully saturated rings. The van der Waals surface area contributed by atoms with Crippen molar-refractivity contribution in [1.29, 1.82) is 0 Å². The zero-order chi connectivity index (χ0) is 15.5. The Morgan fingerprint density at radius 1 is 1.24 bits per heavy atom. The lowest BCUT2D eigenvalue weighted by molar-refractivity contribution is -0.155. The Balaban J connectivity index is 2.24. The largest absolute Gasteiger partial charge is 0.497 e. The molecule has 21 heavy (non-hydrogen) atoms. The van der Waals surface area contributed by atoms with Gasteiger partial charge in [-0.05, 0) is 29.8 Å². The molecule has 4 nitrogen and oxygen atoms in total. The summed E-state index contributed by atoms with van der Waals surface area (Å²) in [5, 5.41) is 1.98. The highest BCUT2D eigenvalue weighted by atomic mass is 19.4. The van der Waals surface area contributed by atoms with Gasteiger partial charge < -0.3 is 15.0 Å². The summed E-state index contributed by atoms with van der Waals surface area (Å²) in [7, 11) is 1.42. The first kappa shape index (κ1) is 15.0. The summed E-state index contributed by atoms with van der Waals surface area (Å²) >= 11 is 0. The molecule has 1 amide bonds. The maximum atomic E-state index is 13.1. The van der Waals surface area contributed by atoms with E-state index in [9.17, 15) is 18.0 Å². The van der Waals surface area contributed by atoms with Gasteiger partial charge in [0.15, 0.2) is 6.04 Å². The van der Waals surface area contributed by atoms with Gasteiger partial charge in [0.1, 0.15) is 11.4 Å². The number of hydrogen-bond acceptors (Lipinski definition) is 2. The molecule has 2 N–H and O–H groups in total. The lowest BCUT2D eigenvalue weighted by Gasteiger charge is -2.22. The number of hydrogen-bond donors (Lipinski definition) is 2. The van der Waals surface area contributed by atoms with Crippen molar-refractivity contribution in [3.63, 3.8) is 0 Å². The zero-order valence-electron chi connectivity index (χ0n) is 11.1. The number of halogens is 3. The van der Waals surface area contributed by atoms with Gasteiger partial charge >= 0.3 is 6.18 Å². The molecule has 0 spiro atoms. The Morgan fingerprint density at radius 3 is 2.38 bits per heavy atom. The average molecular weight is 298 g/mol. The number of aromatic amines is 1. The van der Waals surface area contributed by atoms with Crippen molar-refractivity contribution in [3.05, 3.63) is 53.9 Å². The maximum Gasteiger partial charge on any atom is 0.412 e. The summed E-state index contributed by atoms with van der Waals surface area (Å²) in [6.45, 7) is 0. The normalized spacial score (nSPS) is 12.8. The minimum absolute atomic E-state index is 0.0665. The van der Waals surface area contributed by atoms with Gasteiger partial charge in [-0.2, -0.15) is 13.2 Å². The molecule has 2 rings (SSSR count). The number of carbonyl (C=O) groups excluding carboxylic acids is 1. The van der Waals surface area contributed by atoms with Crippen molar-refractivity contribution in [3.8, 4) is 5.75 Å². The number of carbonyl (C=O) groups is 1. The van der Waals surface area contributed by atoms with Crippen LogP contribution in [0.1, 0.15) is 22.1 Å². The number of H-pyrrole nitrogens is 1. The Kier molecular flexibility index (Phi) is 4.21. The lowest BCUT2D eigenvalue weighted by atomic mass is 10.1. The number of rotatable bonds is 4. The predicted molar refractivity (Wildman–Crippen MR) is 70.0 cm³/mol. The molecule has 0 unspecified atom stereocenters. The summed E-state index contributed by atoms with van der Waals surface area (Å²) in [6, 6.07) is 6.21. The highest BCUT2D eigenvalue weighted by molar-refractivity contribution is 5.92. The number of benzene rings is 1. The van der Waals surface area contributed by atoms with E-state index in [1.54, 1.807) is 0 Å². The van der Waals surface area contributed by atoms with E-state index in [0.717, 1.165) is 0 Å². The molecule has 0 aliphatic carbocycles. The molecular weight excluding hydrogens is 285 g/mol. The molecule has 1 aromatic carbocycles. The first-order chi connectivity index (χ1) is 9.91. The van der Waals surface area contributed by atoms with Crippen LogP contribution in [0.15, 0.2) is 42.6 Å². The zero-order valence-corrected chi connectivity index (χ0v) is 11.1. The van der Waals surface area contributed by atoms with Crippen LogP contribution in [0.5, 0.6) is 5.75 Å². The SMILES string of the molecule is COc1ccc([C@@H](NC(=O)c2ccc[nH]2)C(F)(F)F)cc1. The van der Waals surface area contributed by atoms with Crippen molar-refractivity contribution in [2.45, 2.75) is 12.2 Å². The molecule has 0 radical (unpaired) electrons. The molecular formula is C14H13F3N2O2. The molecule has 0 aliphatic heterocycles. The number of amides is 1. The summed E-state index contributed by atoms with van der Waals surface area (Å²) < 4.78 is 44.3. The van der Waals surface area contributed by atoms with Crippen LogP contribution < -0.4 is 10.1 Å². The lowest BCUT2D eigenvalue weighted by Crippen LogP contribution is -2.38. The first-order valence-electron chi connectivity index (χ1n) is 6.06. The molecule has 0 aliphatic rings. The van der Waals surface area contributed by atoms with Gasteiger partial charge in [0.2, 0.25) is 0 Å². The molecule has 0 saturated heterocycles. The first-order valence-corrected chi connectivity index (χ1v) is 6.06. The van der Waals surface area contributed by atoms with Gasteiger partial charge in [0.25, 0.3) is 5.91 Å². The van der Waals surface area contributed by atoms with E-state index in [1.165, 1.54) is 49.7 Å². The second kappa shape index (κ2) is 5.90. The van der Waals surface area contributed by atoms with Crippen molar-refractivity contribution in [2.75, 3.05) is 7.11 Å². The fraction of sp³-hybridized carbons (Fsp3) is 0.214. The monoisotopic (exact) mass is 298 g/mol. The van der Waals surface area contributed by atoms with Crippen LogP contribution in [0.4, 0.5) is 13.2 Å². The average Bonchev–Trinajstić information content (AvgIpc) is 2.98. The second-order valence-electron chi connectivity index (χ2n) is 4.31. The number of nitrogens with one attached hydrogen (secondary N) is 2. The molecule has 1 heterocycles. The third kappa shape index (κ3) is 3.56. The Labute approximate surface area is 118 Å². The Hall–Kier alpha value is -2.44. The van der Waals surface area contributed by atoms with Crippen LogP contribution in [0.3, 0.4) is 0 Å². The number of alkyl halides is 3. The van der Waals surface area contributed by atoms with Gasteiger partial charge in [0, 0.05) is 6.20 Å². The summed E-state index contributed by atoms with van der Waals surface area (Å²) in [6.07, 6.45) is -3.14. The van der Waals surface area contributed by atoms with E-state index < -0.39 is 18.1 Å². The third-order valence-corrected chi connectivity index (χ3v) is 2.89. The fourth-order valence-electron chi connectivity index (χ4n) is 1.83. The van der Waals surface area contributed by atoms with Crippen LogP contribution in [0.25, 0.3) is 0 Å². The smallest absolute Gasteiger partial charge is 0.412 e. The van der Waals surface area contributed by atoms with Crippen molar-refractivity contribution < 1.29 is 22.7 Å². The van der Waals surface area contributed by atoms with E-state index in [1.807, 2.05) is 5.32 Å². The molecule has 1 atom stereocenters. The third-order valence-electron chi connectivity index (χ3n) is 2.89. The van der Waals surface area contributed by atoms with Gasteiger partial charge in [-0.15, -0.1) is 0 Å². The van der Waals surface area contributed by atoms with Crippen molar-refractivity contribution in [2.24, 2.45) is 0 Å². The molecule has 0 bridgehead atoms. The second-order valence-corrected chi connectivity index (χ2v) is 4.31. The van der Waals surface area contributed by atoms with Gasteiger partial charge in [-0.3, -0.25) is 4.79 Å². The van der Waals surface area contributed by atoms with E-state index in [2.05, 4.69) is 4.98 Å². The highest BCUT2D eigenvalue weighted by Gasteiger charge is 2.42. The molecule has 1 aromatic heterocycles.